The van der Waals surface area contributed by atoms with Crippen molar-refractivity contribution in [3.63, 3.8) is 0 Å². The maximum Gasteiger partial charge on any atom is 0.292 e. The molecule has 1 rings (SSSR count). The Labute approximate surface area is 123 Å². The number of amides is 1. The summed E-state index contributed by atoms with van der Waals surface area (Å²) in [5, 5.41) is 16.6. The molecule has 0 saturated carbocycles. The van der Waals surface area contributed by atoms with Gasteiger partial charge in [0.15, 0.2) is 0 Å². The predicted molar refractivity (Wildman–Crippen MR) is 80.3 cm³/mol. The largest absolute Gasteiger partial charge is 0.383 e. The maximum absolute atomic E-state index is 11.6. The summed E-state index contributed by atoms with van der Waals surface area (Å²) in [4.78, 5) is 22.0. The number of carbonyl (C=O) groups is 1. The molecule has 116 valence electrons. The minimum atomic E-state index is -0.429. The Morgan fingerprint density at radius 1 is 1.43 bits per heavy atom. The van der Waals surface area contributed by atoms with Crippen LogP contribution < -0.4 is 10.6 Å². The van der Waals surface area contributed by atoms with Crippen LogP contribution in [0.2, 0.25) is 0 Å². The molecule has 0 spiro atoms. The summed E-state index contributed by atoms with van der Waals surface area (Å²) in [5.41, 5.74) is 0.506. The molecule has 0 aliphatic rings. The fourth-order valence-corrected chi connectivity index (χ4v) is 1.89. The van der Waals surface area contributed by atoms with Gasteiger partial charge in [-0.25, -0.2) is 0 Å². The van der Waals surface area contributed by atoms with Crippen LogP contribution in [-0.4, -0.2) is 37.1 Å². The second kappa shape index (κ2) is 8.91. The average Bonchev–Trinajstić information content (AvgIpc) is 2.44. The van der Waals surface area contributed by atoms with Crippen LogP contribution in [0, 0.1) is 10.1 Å². The van der Waals surface area contributed by atoms with Gasteiger partial charge in [0, 0.05) is 32.2 Å². The van der Waals surface area contributed by atoms with E-state index in [1.54, 1.807) is 25.3 Å². The third-order valence-electron chi connectivity index (χ3n) is 2.82. The Balaban J connectivity index is 2.31. The van der Waals surface area contributed by atoms with E-state index < -0.39 is 4.92 Å². The van der Waals surface area contributed by atoms with Crippen LogP contribution in [0.3, 0.4) is 0 Å². The van der Waals surface area contributed by atoms with Crippen molar-refractivity contribution in [2.24, 2.45) is 0 Å². The topological polar surface area (TPSA) is 93.5 Å². The van der Waals surface area contributed by atoms with Gasteiger partial charge in [0.1, 0.15) is 5.69 Å². The van der Waals surface area contributed by atoms with Crippen LogP contribution in [0.25, 0.3) is 0 Å². The van der Waals surface area contributed by atoms with Gasteiger partial charge in [-0.05, 0) is 19.4 Å². The van der Waals surface area contributed by atoms with Crippen molar-refractivity contribution >= 4 is 17.3 Å². The lowest BCUT2D eigenvalue weighted by Crippen LogP contribution is -2.35. The van der Waals surface area contributed by atoms with Crippen molar-refractivity contribution in [3.05, 3.63) is 34.4 Å². The number of hydrogen-bond acceptors (Lipinski definition) is 5. The number of nitrogens with zero attached hydrogens (tertiary/aromatic N) is 1. The normalized spacial score (nSPS) is 11.7. The molecule has 0 bridgehead atoms. The lowest BCUT2D eigenvalue weighted by atomic mass is 10.2. The highest BCUT2D eigenvalue weighted by Crippen LogP contribution is 2.22. The van der Waals surface area contributed by atoms with Gasteiger partial charge >= 0.3 is 0 Å². The number of nitro groups is 1. The van der Waals surface area contributed by atoms with Crippen LogP contribution >= 0.6 is 0 Å². The number of nitro benzene ring substituents is 1. The van der Waals surface area contributed by atoms with E-state index in [-0.39, 0.29) is 17.6 Å². The second-order valence-corrected chi connectivity index (χ2v) is 4.73. The monoisotopic (exact) mass is 295 g/mol. The first-order valence-electron chi connectivity index (χ1n) is 6.80. The lowest BCUT2D eigenvalue weighted by molar-refractivity contribution is -0.384. The first-order valence-corrected chi connectivity index (χ1v) is 6.80. The first kappa shape index (κ1) is 16.9. The molecule has 0 saturated heterocycles. The Hall–Kier alpha value is -2.15. The summed E-state index contributed by atoms with van der Waals surface area (Å²) in [5.74, 6) is -0.0519. The average molecular weight is 295 g/mol. The molecule has 1 amide bonds. The quantitative estimate of drug-likeness (QED) is 0.412. The van der Waals surface area contributed by atoms with Crippen LogP contribution in [0.15, 0.2) is 24.3 Å². The molecule has 0 heterocycles. The van der Waals surface area contributed by atoms with Gasteiger partial charge in [-0.3, -0.25) is 14.9 Å². The zero-order valence-corrected chi connectivity index (χ0v) is 12.3. The number of para-hydroxylation sites is 2. The van der Waals surface area contributed by atoms with Gasteiger partial charge in [-0.15, -0.1) is 0 Å². The number of ether oxygens (including phenoxy) is 1. The maximum atomic E-state index is 11.6. The zero-order chi connectivity index (χ0) is 15.7. The molecule has 2 N–H and O–H groups in total. The van der Waals surface area contributed by atoms with Gasteiger partial charge < -0.3 is 15.4 Å². The summed E-state index contributed by atoms with van der Waals surface area (Å²) in [6, 6.07) is 6.42. The standard InChI is InChI=1S/C14H21N3O4/c1-11(10-21-2)16-14(18)8-5-9-15-12-6-3-4-7-13(12)17(19)20/h3-4,6-7,11,15H,5,8-10H2,1-2H3,(H,16,18)/t11-/m1/s1. The third kappa shape index (κ3) is 6.22. The van der Waals surface area contributed by atoms with Crippen LogP contribution in [0.4, 0.5) is 11.4 Å². The number of anilines is 1. The molecule has 1 atom stereocenters. The van der Waals surface area contributed by atoms with Crippen molar-refractivity contribution in [1.29, 1.82) is 0 Å². The molecule has 0 aliphatic carbocycles. The Kier molecular flexibility index (Phi) is 7.17. The number of rotatable bonds is 9. The minimum absolute atomic E-state index is 0.0225. The molecule has 0 unspecified atom stereocenters. The summed E-state index contributed by atoms with van der Waals surface area (Å²) in [6.07, 6.45) is 0.958. The predicted octanol–water partition coefficient (Wildman–Crippen LogP) is 1.94. The van der Waals surface area contributed by atoms with E-state index >= 15 is 0 Å². The highest BCUT2D eigenvalue weighted by atomic mass is 16.6. The number of hydrogen-bond donors (Lipinski definition) is 2. The highest BCUT2D eigenvalue weighted by molar-refractivity contribution is 5.76. The van der Waals surface area contributed by atoms with Crippen molar-refractivity contribution in [1.82, 2.24) is 5.32 Å². The van der Waals surface area contributed by atoms with Crippen LogP contribution in [-0.2, 0) is 9.53 Å². The fourth-order valence-electron chi connectivity index (χ4n) is 1.89. The third-order valence-corrected chi connectivity index (χ3v) is 2.82. The van der Waals surface area contributed by atoms with Gasteiger partial charge in [0.25, 0.3) is 5.69 Å². The lowest BCUT2D eigenvalue weighted by Gasteiger charge is -2.12. The molecule has 0 fully saturated rings. The van der Waals surface area contributed by atoms with Crippen LogP contribution in [0.5, 0.6) is 0 Å². The molecule has 7 heteroatoms. The van der Waals surface area contributed by atoms with Gasteiger partial charge in [0.05, 0.1) is 11.5 Å². The molecule has 21 heavy (non-hydrogen) atoms. The zero-order valence-electron chi connectivity index (χ0n) is 12.3. The number of benzene rings is 1. The molecule has 1 aromatic rings. The minimum Gasteiger partial charge on any atom is -0.383 e. The van der Waals surface area contributed by atoms with E-state index in [0.717, 1.165) is 0 Å². The van der Waals surface area contributed by atoms with Crippen molar-refractivity contribution in [3.8, 4) is 0 Å². The highest BCUT2D eigenvalue weighted by Gasteiger charge is 2.11. The van der Waals surface area contributed by atoms with Gasteiger partial charge in [-0.1, -0.05) is 12.1 Å². The Morgan fingerprint density at radius 3 is 2.81 bits per heavy atom. The van der Waals surface area contributed by atoms with Crippen LogP contribution in [0.1, 0.15) is 19.8 Å². The second-order valence-electron chi connectivity index (χ2n) is 4.73. The van der Waals surface area contributed by atoms with Crippen molar-refractivity contribution in [2.75, 3.05) is 25.6 Å². The smallest absolute Gasteiger partial charge is 0.292 e. The summed E-state index contributed by atoms with van der Waals surface area (Å²) in [7, 11) is 1.58. The van der Waals surface area contributed by atoms with E-state index in [4.69, 9.17) is 4.74 Å². The summed E-state index contributed by atoms with van der Waals surface area (Å²) >= 11 is 0. The van der Waals surface area contributed by atoms with E-state index in [9.17, 15) is 14.9 Å². The van der Waals surface area contributed by atoms with E-state index in [0.29, 0.717) is 31.7 Å². The molecule has 0 aromatic heterocycles. The summed E-state index contributed by atoms with van der Waals surface area (Å²) < 4.78 is 4.93. The van der Waals surface area contributed by atoms with Crippen molar-refractivity contribution in [2.45, 2.75) is 25.8 Å². The number of carbonyl (C=O) groups excluding carboxylic acids is 1. The van der Waals surface area contributed by atoms with E-state index in [2.05, 4.69) is 10.6 Å². The Bertz CT molecular complexity index is 479. The molecular weight excluding hydrogens is 274 g/mol. The summed E-state index contributed by atoms with van der Waals surface area (Å²) in [6.45, 7) is 2.84. The molecular formula is C14H21N3O4. The Morgan fingerprint density at radius 2 is 2.14 bits per heavy atom. The molecule has 0 aliphatic heterocycles. The van der Waals surface area contributed by atoms with Gasteiger partial charge in [-0.2, -0.15) is 0 Å². The van der Waals surface area contributed by atoms with Crippen molar-refractivity contribution < 1.29 is 14.5 Å². The number of nitrogens with one attached hydrogen (secondary N) is 2. The molecule has 0 radical (unpaired) electrons. The fraction of sp³-hybridized carbons (Fsp3) is 0.500. The SMILES string of the molecule is COC[C@@H](C)NC(=O)CCCNc1ccccc1[N+](=O)[O-]. The van der Waals surface area contributed by atoms with E-state index in [1.165, 1.54) is 6.07 Å². The molecule has 1 aromatic carbocycles. The molecule has 7 nitrogen and oxygen atoms in total. The van der Waals surface area contributed by atoms with Gasteiger partial charge in [0.2, 0.25) is 5.91 Å². The van der Waals surface area contributed by atoms with E-state index in [1.807, 2.05) is 6.92 Å². The number of methoxy groups -OCH3 is 1. The first-order chi connectivity index (χ1) is 10.0.